The molecule has 0 bridgehead atoms. The average molecular weight is 464 g/mol. The summed E-state index contributed by atoms with van der Waals surface area (Å²) in [4.78, 5) is 38.2. The maximum Gasteiger partial charge on any atom is 0.332 e. The molecule has 12 nitrogen and oxygen atoms in total. The Bertz CT molecular complexity index is 1480. The van der Waals surface area contributed by atoms with E-state index >= 15 is 0 Å². The molecule has 5 heterocycles. The summed E-state index contributed by atoms with van der Waals surface area (Å²) in [5.41, 5.74) is 0.377. The zero-order chi connectivity index (χ0) is 23.8. The Labute approximate surface area is 193 Å². The van der Waals surface area contributed by atoms with E-state index in [2.05, 4.69) is 20.9 Å². The van der Waals surface area contributed by atoms with Gasteiger partial charge in [-0.25, -0.2) is 9.78 Å². The number of furan rings is 1. The Balaban J connectivity index is 1.22. The van der Waals surface area contributed by atoms with Crippen molar-refractivity contribution < 1.29 is 8.83 Å². The zero-order valence-electron chi connectivity index (χ0n) is 19.0. The summed E-state index contributed by atoms with van der Waals surface area (Å²) >= 11 is 0. The standard InChI is InChI=1S/C22H24N8O4/c1-26-14-24-18-17(26)20(31)30(22(32)27(18)2)7-4-6-28-8-10-29(11-9-28)21-15(13-23)25-19(34-21)16-5-3-12-33-16/h3,5,12,14H,4,6-11H2,1-2H3. The van der Waals surface area contributed by atoms with Gasteiger partial charge in [0.1, 0.15) is 6.07 Å². The number of nitrogens with zero attached hydrogens (tertiary/aromatic N) is 8. The van der Waals surface area contributed by atoms with E-state index in [1.165, 1.54) is 15.4 Å². The van der Waals surface area contributed by atoms with Gasteiger partial charge in [-0.3, -0.25) is 18.8 Å². The van der Waals surface area contributed by atoms with E-state index in [0.29, 0.717) is 48.9 Å². The summed E-state index contributed by atoms with van der Waals surface area (Å²) in [5, 5.41) is 9.47. The van der Waals surface area contributed by atoms with Crippen molar-refractivity contribution in [2.24, 2.45) is 14.1 Å². The van der Waals surface area contributed by atoms with Crippen LogP contribution in [0, 0.1) is 11.3 Å². The Hall–Kier alpha value is -4.11. The molecule has 176 valence electrons. The minimum Gasteiger partial charge on any atom is -0.459 e. The van der Waals surface area contributed by atoms with Crippen molar-refractivity contribution in [3.8, 4) is 17.7 Å². The monoisotopic (exact) mass is 464 g/mol. The van der Waals surface area contributed by atoms with Crippen LogP contribution >= 0.6 is 0 Å². The molecule has 0 atom stereocenters. The SMILES string of the molecule is Cn1cnc2c1c(=O)n(CCCN1CCN(c3oc(-c4ccco4)nc3C#N)CC1)c(=O)n2C. The molecule has 0 saturated carbocycles. The first-order valence-corrected chi connectivity index (χ1v) is 11.0. The van der Waals surface area contributed by atoms with Crippen LogP contribution in [0.3, 0.4) is 0 Å². The van der Waals surface area contributed by atoms with E-state index in [4.69, 9.17) is 8.83 Å². The molecule has 1 aliphatic heterocycles. The fourth-order valence-corrected chi connectivity index (χ4v) is 4.33. The van der Waals surface area contributed by atoms with Crippen molar-refractivity contribution in [2.75, 3.05) is 37.6 Å². The lowest BCUT2D eigenvalue weighted by atomic mass is 10.2. The second-order valence-electron chi connectivity index (χ2n) is 8.27. The van der Waals surface area contributed by atoms with Gasteiger partial charge in [-0.1, -0.05) is 0 Å². The van der Waals surface area contributed by atoms with Crippen molar-refractivity contribution in [1.82, 2.24) is 28.6 Å². The lowest BCUT2D eigenvalue weighted by molar-refractivity contribution is 0.246. The van der Waals surface area contributed by atoms with Crippen LogP contribution in [-0.4, -0.2) is 61.3 Å². The average Bonchev–Trinajstić information content (AvgIpc) is 3.60. The first-order chi connectivity index (χ1) is 16.5. The molecule has 0 unspecified atom stereocenters. The smallest absolute Gasteiger partial charge is 0.332 e. The van der Waals surface area contributed by atoms with Crippen LogP contribution in [0.1, 0.15) is 12.1 Å². The van der Waals surface area contributed by atoms with Gasteiger partial charge in [-0.15, -0.1) is 0 Å². The number of aromatic nitrogens is 5. The van der Waals surface area contributed by atoms with E-state index in [-0.39, 0.29) is 22.8 Å². The normalized spacial score (nSPS) is 14.7. The van der Waals surface area contributed by atoms with Crippen LogP contribution in [0.15, 0.2) is 43.1 Å². The van der Waals surface area contributed by atoms with Crippen molar-refractivity contribution in [3.63, 3.8) is 0 Å². The van der Waals surface area contributed by atoms with E-state index < -0.39 is 0 Å². The van der Waals surface area contributed by atoms with Gasteiger partial charge >= 0.3 is 5.69 Å². The molecular formula is C22H24N8O4. The van der Waals surface area contributed by atoms with E-state index in [0.717, 1.165) is 19.6 Å². The first-order valence-electron chi connectivity index (χ1n) is 11.0. The summed E-state index contributed by atoms with van der Waals surface area (Å²) in [5.74, 6) is 1.22. The largest absolute Gasteiger partial charge is 0.459 e. The van der Waals surface area contributed by atoms with E-state index in [9.17, 15) is 14.9 Å². The van der Waals surface area contributed by atoms with Gasteiger partial charge in [0.25, 0.3) is 11.4 Å². The third-order valence-electron chi connectivity index (χ3n) is 6.16. The number of hydrogen-bond donors (Lipinski definition) is 0. The molecule has 4 aromatic rings. The number of hydrogen-bond acceptors (Lipinski definition) is 9. The number of rotatable bonds is 6. The molecule has 4 aromatic heterocycles. The zero-order valence-corrected chi connectivity index (χ0v) is 19.0. The predicted octanol–water partition coefficient (Wildman–Crippen LogP) is 0.766. The van der Waals surface area contributed by atoms with Gasteiger partial charge in [0.15, 0.2) is 16.9 Å². The van der Waals surface area contributed by atoms with Crippen LogP contribution < -0.4 is 16.1 Å². The summed E-state index contributed by atoms with van der Waals surface area (Å²) in [6.07, 6.45) is 3.73. The number of piperazine rings is 1. The molecular weight excluding hydrogens is 440 g/mol. The van der Waals surface area contributed by atoms with Crippen LogP contribution in [0.25, 0.3) is 22.8 Å². The van der Waals surface area contributed by atoms with Crippen LogP contribution in [0.5, 0.6) is 0 Å². The Kier molecular flexibility index (Phi) is 5.54. The fourth-order valence-electron chi connectivity index (χ4n) is 4.33. The predicted molar refractivity (Wildman–Crippen MR) is 122 cm³/mol. The van der Waals surface area contributed by atoms with Gasteiger partial charge in [0.2, 0.25) is 11.6 Å². The highest BCUT2D eigenvalue weighted by Crippen LogP contribution is 2.29. The van der Waals surface area contributed by atoms with Gasteiger partial charge in [0.05, 0.1) is 12.6 Å². The van der Waals surface area contributed by atoms with E-state index in [1.807, 2.05) is 4.90 Å². The molecule has 0 N–H and O–H groups in total. The number of aryl methyl sites for hydroxylation is 2. The minimum absolute atomic E-state index is 0.237. The van der Waals surface area contributed by atoms with Gasteiger partial charge in [-0.05, 0) is 25.1 Å². The lowest BCUT2D eigenvalue weighted by Gasteiger charge is -2.34. The van der Waals surface area contributed by atoms with Crippen molar-refractivity contribution >= 4 is 17.0 Å². The highest BCUT2D eigenvalue weighted by atomic mass is 16.4. The summed E-state index contributed by atoms with van der Waals surface area (Å²) in [7, 11) is 3.37. The molecule has 0 spiro atoms. The maximum absolute atomic E-state index is 12.8. The summed E-state index contributed by atoms with van der Waals surface area (Å²) < 4.78 is 15.5. The van der Waals surface area contributed by atoms with Gasteiger partial charge < -0.3 is 18.3 Å². The van der Waals surface area contributed by atoms with Crippen molar-refractivity contribution in [2.45, 2.75) is 13.0 Å². The number of imidazole rings is 1. The highest BCUT2D eigenvalue weighted by molar-refractivity contribution is 5.69. The second-order valence-corrected chi connectivity index (χ2v) is 8.27. The topological polar surface area (TPSA) is 131 Å². The van der Waals surface area contributed by atoms with Gasteiger partial charge in [-0.2, -0.15) is 10.2 Å². The number of nitriles is 1. The summed E-state index contributed by atoms with van der Waals surface area (Å²) in [6.45, 7) is 3.94. The molecule has 0 radical (unpaired) electrons. The molecule has 5 rings (SSSR count). The molecule has 1 aliphatic rings. The molecule has 1 saturated heterocycles. The van der Waals surface area contributed by atoms with Crippen molar-refractivity contribution in [1.29, 1.82) is 5.26 Å². The molecule has 34 heavy (non-hydrogen) atoms. The van der Waals surface area contributed by atoms with Crippen LogP contribution in [-0.2, 0) is 20.6 Å². The second kappa shape index (κ2) is 8.68. The fraction of sp³-hybridized carbons (Fsp3) is 0.409. The highest BCUT2D eigenvalue weighted by Gasteiger charge is 2.25. The van der Waals surface area contributed by atoms with Gasteiger partial charge in [0, 0.05) is 46.8 Å². The molecule has 0 aliphatic carbocycles. The molecule has 0 amide bonds. The summed E-state index contributed by atoms with van der Waals surface area (Å²) in [6, 6.07) is 5.57. The maximum atomic E-state index is 12.8. The Morgan fingerprint density at radius 1 is 1.15 bits per heavy atom. The van der Waals surface area contributed by atoms with Crippen LogP contribution in [0.2, 0.25) is 0 Å². The minimum atomic E-state index is -0.359. The van der Waals surface area contributed by atoms with Crippen molar-refractivity contribution in [3.05, 3.63) is 51.3 Å². The van der Waals surface area contributed by atoms with E-state index in [1.54, 1.807) is 37.1 Å². The number of oxazole rings is 1. The third-order valence-corrected chi connectivity index (χ3v) is 6.16. The quantitative estimate of drug-likeness (QED) is 0.406. The Morgan fingerprint density at radius 2 is 1.94 bits per heavy atom. The molecule has 1 fully saturated rings. The first kappa shape index (κ1) is 21.7. The number of anilines is 1. The lowest BCUT2D eigenvalue weighted by Crippen LogP contribution is -2.47. The Morgan fingerprint density at radius 3 is 2.65 bits per heavy atom. The molecule has 0 aromatic carbocycles. The third kappa shape index (κ3) is 3.69. The molecule has 12 heteroatoms. The number of fused-ring (bicyclic) bond motifs is 1. The van der Waals surface area contributed by atoms with Crippen LogP contribution in [0.4, 0.5) is 5.88 Å².